The van der Waals surface area contributed by atoms with E-state index in [1.807, 2.05) is 0 Å². The largest absolute Gasteiger partial charge is 0.0795 e. The van der Waals surface area contributed by atoms with E-state index in [0.29, 0.717) is 0 Å². The molecular weight excluding hydrogens is 456 g/mol. The highest BCUT2D eigenvalue weighted by Crippen LogP contribution is 2.53. The predicted molar refractivity (Wildman–Crippen MR) is 163 cm³/mol. The third kappa shape index (κ3) is 2.09. The van der Waals surface area contributed by atoms with Crippen LogP contribution in [0.25, 0.3) is 71.1 Å². The van der Waals surface area contributed by atoms with Crippen molar-refractivity contribution in [2.45, 2.75) is 6.42 Å². The molecule has 1 atom stereocenters. The minimum absolute atomic E-state index is 0.285. The number of benzene rings is 6. The highest BCUT2D eigenvalue weighted by atomic mass is 14.4. The average Bonchev–Trinajstić information content (AvgIpc) is 2.98. The fourth-order valence-electron chi connectivity index (χ4n) is 8.13. The predicted octanol–water partition coefficient (Wildman–Crippen LogP) is 8.97. The van der Waals surface area contributed by atoms with Crippen LogP contribution in [0, 0.1) is 5.92 Å². The van der Waals surface area contributed by atoms with Gasteiger partial charge in [0.1, 0.15) is 0 Å². The summed E-state index contributed by atoms with van der Waals surface area (Å²) < 4.78 is 0. The monoisotopic (exact) mass is 478 g/mol. The first-order chi connectivity index (χ1) is 18.9. The summed E-state index contributed by atoms with van der Waals surface area (Å²) in [5.74, 6) is 0.285. The molecule has 1 unspecified atom stereocenters. The first-order valence-electron chi connectivity index (χ1n) is 13.6. The molecule has 10 rings (SSSR count). The lowest BCUT2D eigenvalue weighted by Gasteiger charge is -2.35. The maximum atomic E-state index is 2.40. The number of rotatable bonds is 0. The van der Waals surface area contributed by atoms with E-state index in [0.717, 1.165) is 6.42 Å². The Hall–Kier alpha value is -4.68. The first kappa shape index (κ1) is 19.4. The van der Waals surface area contributed by atoms with Gasteiger partial charge in [0, 0.05) is 5.92 Å². The number of hydrogen-bond donors (Lipinski definition) is 0. The minimum atomic E-state index is 0.285. The van der Waals surface area contributed by atoms with Gasteiger partial charge in [-0.2, -0.15) is 0 Å². The highest BCUT2D eigenvalue weighted by Gasteiger charge is 2.34. The Morgan fingerprint density at radius 1 is 0.553 bits per heavy atom. The quantitative estimate of drug-likeness (QED) is 0.151. The van der Waals surface area contributed by atoms with Gasteiger partial charge in [-0.05, 0) is 98.9 Å². The van der Waals surface area contributed by atoms with E-state index in [9.17, 15) is 0 Å². The van der Waals surface area contributed by atoms with Gasteiger partial charge < -0.3 is 0 Å². The lowest BCUT2D eigenvalue weighted by Crippen LogP contribution is -2.26. The smallest absolute Gasteiger partial charge is 0.0352 e. The normalized spacial score (nSPS) is 18.6. The SMILES string of the molecule is C1=CC2=CC=CC3=c4c5ccccc5c5c6c7c(cccc7c7c8ccccc8c(c4c57)C(=C1)C23)CC=C6. The molecule has 6 aromatic carbocycles. The van der Waals surface area contributed by atoms with Crippen LogP contribution in [-0.2, 0) is 6.42 Å². The van der Waals surface area contributed by atoms with Crippen molar-refractivity contribution in [1.29, 1.82) is 0 Å². The second kappa shape index (κ2) is 6.60. The number of allylic oxidation sites excluding steroid dienone is 9. The summed E-state index contributed by atoms with van der Waals surface area (Å²) in [6.45, 7) is 0. The summed E-state index contributed by atoms with van der Waals surface area (Å²) in [6.07, 6.45) is 19.6. The average molecular weight is 479 g/mol. The van der Waals surface area contributed by atoms with Gasteiger partial charge in [0.15, 0.2) is 0 Å². The van der Waals surface area contributed by atoms with Crippen molar-refractivity contribution in [3.05, 3.63) is 137 Å². The Kier molecular flexibility index (Phi) is 3.37. The molecule has 6 aromatic rings. The molecule has 0 heterocycles. The molecule has 0 nitrogen and oxygen atoms in total. The van der Waals surface area contributed by atoms with E-state index in [-0.39, 0.29) is 5.92 Å². The summed E-state index contributed by atoms with van der Waals surface area (Å²) in [5, 5.41) is 15.5. The van der Waals surface area contributed by atoms with Crippen LogP contribution >= 0.6 is 0 Å². The van der Waals surface area contributed by atoms with Crippen LogP contribution in [0.15, 0.2) is 115 Å². The van der Waals surface area contributed by atoms with Gasteiger partial charge >= 0.3 is 0 Å². The van der Waals surface area contributed by atoms with Crippen LogP contribution in [0.2, 0.25) is 0 Å². The van der Waals surface area contributed by atoms with E-state index in [1.165, 1.54) is 92.5 Å². The Labute approximate surface area is 219 Å². The summed E-state index contributed by atoms with van der Waals surface area (Å²) in [5.41, 5.74) is 8.54. The number of fused-ring (bicyclic) bond motifs is 9. The fourth-order valence-corrected chi connectivity index (χ4v) is 8.13. The Morgan fingerprint density at radius 3 is 2.21 bits per heavy atom. The van der Waals surface area contributed by atoms with Crippen LogP contribution in [0.3, 0.4) is 0 Å². The van der Waals surface area contributed by atoms with Crippen LogP contribution in [0.1, 0.15) is 16.7 Å². The van der Waals surface area contributed by atoms with Gasteiger partial charge in [-0.3, -0.25) is 0 Å². The van der Waals surface area contributed by atoms with E-state index in [1.54, 1.807) is 0 Å². The molecule has 0 bridgehead atoms. The van der Waals surface area contributed by atoms with E-state index in [4.69, 9.17) is 0 Å². The molecule has 0 fully saturated rings. The van der Waals surface area contributed by atoms with Crippen molar-refractivity contribution < 1.29 is 0 Å². The van der Waals surface area contributed by atoms with E-state index < -0.39 is 0 Å². The Morgan fingerprint density at radius 2 is 1.32 bits per heavy atom. The molecule has 0 saturated heterocycles. The van der Waals surface area contributed by atoms with Crippen molar-refractivity contribution in [2.24, 2.45) is 5.92 Å². The standard InChI is InChI=1S/C38H22/c1-2-14-24-23(13-1)33-27-17-5-9-21-10-7-19-29(31(21)27)35-25-15-3-4-16-26(25)36-30-20-8-12-22-11-6-18-28(32(22)30)34(24)38(36)37(33)35/h1-11,13-20,31H,12H2. The molecule has 174 valence electrons. The Bertz CT molecular complexity index is 2350. The summed E-state index contributed by atoms with van der Waals surface area (Å²) >= 11 is 0. The molecule has 0 radical (unpaired) electrons. The van der Waals surface area contributed by atoms with Gasteiger partial charge in [0.25, 0.3) is 0 Å². The lowest BCUT2D eigenvalue weighted by atomic mass is 9.68. The molecule has 0 saturated carbocycles. The van der Waals surface area contributed by atoms with Gasteiger partial charge in [0.05, 0.1) is 0 Å². The molecule has 38 heavy (non-hydrogen) atoms. The molecule has 0 heteroatoms. The van der Waals surface area contributed by atoms with Crippen molar-refractivity contribution in [3.63, 3.8) is 0 Å². The summed E-state index contributed by atoms with van der Waals surface area (Å²) in [4.78, 5) is 0. The molecule has 0 spiro atoms. The van der Waals surface area contributed by atoms with Crippen LogP contribution in [0.5, 0.6) is 0 Å². The highest BCUT2D eigenvalue weighted by molar-refractivity contribution is 6.40. The summed E-state index contributed by atoms with van der Waals surface area (Å²) in [6, 6.07) is 25.3. The summed E-state index contributed by atoms with van der Waals surface area (Å²) in [7, 11) is 0. The first-order valence-corrected chi connectivity index (χ1v) is 13.6. The molecule has 4 aliphatic carbocycles. The number of hydrogen-bond acceptors (Lipinski definition) is 0. The molecule has 4 aliphatic rings. The Balaban J connectivity index is 1.68. The second-order valence-electron chi connectivity index (χ2n) is 11.1. The zero-order chi connectivity index (χ0) is 24.5. The van der Waals surface area contributed by atoms with Crippen molar-refractivity contribution in [3.8, 4) is 0 Å². The molecule has 0 aromatic heterocycles. The zero-order valence-electron chi connectivity index (χ0n) is 20.8. The molecule has 0 aliphatic heterocycles. The lowest BCUT2D eigenvalue weighted by molar-refractivity contribution is 1.03. The molecule has 0 amide bonds. The van der Waals surface area contributed by atoms with Crippen LogP contribution in [0.4, 0.5) is 0 Å². The third-order valence-electron chi connectivity index (χ3n) is 9.42. The second-order valence-corrected chi connectivity index (χ2v) is 11.1. The van der Waals surface area contributed by atoms with Crippen LogP contribution < -0.4 is 5.22 Å². The van der Waals surface area contributed by atoms with E-state index >= 15 is 0 Å². The van der Waals surface area contributed by atoms with Crippen molar-refractivity contribution in [2.75, 3.05) is 0 Å². The fraction of sp³-hybridized carbons (Fsp3) is 0.0526. The minimum Gasteiger partial charge on any atom is -0.0795 e. The van der Waals surface area contributed by atoms with Gasteiger partial charge in [-0.15, -0.1) is 0 Å². The maximum absolute atomic E-state index is 2.40. The third-order valence-corrected chi connectivity index (χ3v) is 9.42. The van der Waals surface area contributed by atoms with Crippen molar-refractivity contribution in [1.82, 2.24) is 0 Å². The van der Waals surface area contributed by atoms with Crippen LogP contribution in [-0.4, -0.2) is 0 Å². The van der Waals surface area contributed by atoms with Crippen molar-refractivity contribution >= 4 is 71.1 Å². The molecule has 0 N–H and O–H groups in total. The van der Waals surface area contributed by atoms with Gasteiger partial charge in [0.2, 0.25) is 0 Å². The molecular formula is C38H22. The zero-order valence-corrected chi connectivity index (χ0v) is 20.8. The van der Waals surface area contributed by atoms with E-state index in [2.05, 4.69) is 115 Å². The van der Waals surface area contributed by atoms with Gasteiger partial charge in [-0.1, -0.05) is 115 Å². The topological polar surface area (TPSA) is 0 Å². The van der Waals surface area contributed by atoms with Gasteiger partial charge in [-0.25, -0.2) is 0 Å². The maximum Gasteiger partial charge on any atom is 0.0352 e.